The number of rotatable bonds is 3. The molecule has 0 heterocycles. The lowest BCUT2D eigenvalue weighted by atomic mass is 10.00. The van der Waals surface area contributed by atoms with Crippen molar-refractivity contribution in [2.45, 2.75) is 13.3 Å². The van der Waals surface area contributed by atoms with E-state index >= 15 is 0 Å². The Bertz CT molecular complexity index is 467. The number of benzene rings is 1. The van der Waals surface area contributed by atoms with Crippen LogP contribution in [0.3, 0.4) is 0 Å². The Labute approximate surface area is 90.9 Å². The van der Waals surface area contributed by atoms with E-state index in [1.54, 1.807) is 13.0 Å². The Morgan fingerprint density at radius 1 is 1.62 bits per heavy atom. The summed E-state index contributed by atoms with van der Waals surface area (Å²) in [5.41, 5.74) is -0.398. The number of carbonyl (C=O) groups is 1. The number of nitriles is 1. The minimum absolute atomic E-state index is 0.0266. The van der Waals surface area contributed by atoms with E-state index in [1.165, 1.54) is 0 Å². The van der Waals surface area contributed by atoms with Crippen molar-refractivity contribution in [1.82, 2.24) is 0 Å². The predicted molar refractivity (Wildman–Crippen MR) is 54.1 cm³/mol. The molecule has 0 aromatic heterocycles. The Balaban J connectivity index is 3.61. The van der Waals surface area contributed by atoms with Gasteiger partial charge in [-0.3, -0.25) is 10.1 Å². The van der Waals surface area contributed by atoms with Crippen molar-refractivity contribution in [3.8, 4) is 6.07 Å². The third-order valence-corrected chi connectivity index (χ3v) is 2.14. The smallest absolute Gasteiger partial charge is 0.336 e. The fourth-order valence-corrected chi connectivity index (χ4v) is 1.45. The molecule has 0 bridgehead atoms. The van der Waals surface area contributed by atoms with Crippen molar-refractivity contribution in [3.63, 3.8) is 0 Å². The van der Waals surface area contributed by atoms with Crippen LogP contribution in [0.25, 0.3) is 0 Å². The van der Waals surface area contributed by atoms with Gasteiger partial charge < -0.3 is 5.11 Å². The van der Waals surface area contributed by atoms with Crippen molar-refractivity contribution in [1.29, 1.82) is 5.26 Å². The van der Waals surface area contributed by atoms with E-state index in [1.807, 2.05) is 0 Å². The number of nitro benzene ring substituents is 1. The molecule has 6 heteroatoms. The summed E-state index contributed by atoms with van der Waals surface area (Å²) in [5.74, 6) is -1.27. The van der Waals surface area contributed by atoms with Gasteiger partial charge >= 0.3 is 5.97 Å². The second kappa shape index (κ2) is 4.40. The highest BCUT2D eigenvalue weighted by atomic mass is 16.6. The van der Waals surface area contributed by atoms with Gasteiger partial charge in [-0.05, 0) is 12.5 Å². The largest absolute Gasteiger partial charge is 0.478 e. The summed E-state index contributed by atoms with van der Waals surface area (Å²) >= 11 is 0. The van der Waals surface area contributed by atoms with Gasteiger partial charge in [0.2, 0.25) is 0 Å². The summed E-state index contributed by atoms with van der Waals surface area (Å²) in [5, 5.41) is 28.3. The summed E-state index contributed by atoms with van der Waals surface area (Å²) in [6, 6.07) is 3.94. The predicted octanol–water partition coefficient (Wildman–Crippen LogP) is 1.73. The van der Waals surface area contributed by atoms with E-state index in [0.717, 1.165) is 12.1 Å². The van der Waals surface area contributed by atoms with E-state index in [-0.39, 0.29) is 28.8 Å². The van der Waals surface area contributed by atoms with Crippen LogP contribution in [-0.2, 0) is 6.42 Å². The van der Waals surface area contributed by atoms with Crippen molar-refractivity contribution in [3.05, 3.63) is 38.9 Å². The molecule has 0 atom stereocenters. The van der Waals surface area contributed by atoms with Crippen LogP contribution in [-0.4, -0.2) is 16.0 Å². The summed E-state index contributed by atoms with van der Waals surface area (Å²) in [7, 11) is 0. The van der Waals surface area contributed by atoms with Gasteiger partial charge in [0.15, 0.2) is 0 Å². The number of carboxylic acids is 1. The van der Waals surface area contributed by atoms with Crippen molar-refractivity contribution < 1.29 is 14.8 Å². The minimum Gasteiger partial charge on any atom is -0.478 e. The molecular formula is C10H8N2O4. The number of aromatic carboxylic acids is 1. The van der Waals surface area contributed by atoms with Crippen molar-refractivity contribution in [2.24, 2.45) is 0 Å². The Morgan fingerprint density at radius 2 is 2.25 bits per heavy atom. The molecule has 1 aromatic carbocycles. The van der Waals surface area contributed by atoms with Crippen molar-refractivity contribution >= 4 is 11.7 Å². The van der Waals surface area contributed by atoms with Gasteiger partial charge in [-0.2, -0.15) is 5.26 Å². The first kappa shape index (κ1) is 11.7. The minimum atomic E-state index is -1.27. The van der Waals surface area contributed by atoms with E-state index in [0.29, 0.717) is 0 Å². The van der Waals surface area contributed by atoms with Crippen LogP contribution in [0.5, 0.6) is 0 Å². The molecule has 0 aliphatic heterocycles. The molecule has 0 aliphatic carbocycles. The van der Waals surface area contributed by atoms with E-state index in [4.69, 9.17) is 10.4 Å². The van der Waals surface area contributed by atoms with Gasteiger partial charge in [-0.25, -0.2) is 4.79 Å². The maximum absolute atomic E-state index is 10.9. The standard InChI is InChI=1S/C10H8N2O4/c1-2-7-8(10(13)14)3-6(5-11)4-9(7)12(15)16/h3-4H,2H2,1H3,(H,13,14). The van der Waals surface area contributed by atoms with Gasteiger partial charge in [0, 0.05) is 11.6 Å². The van der Waals surface area contributed by atoms with Gasteiger partial charge in [0.1, 0.15) is 0 Å². The number of nitrogens with zero attached hydrogens (tertiary/aromatic N) is 2. The third-order valence-electron chi connectivity index (χ3n) is 2.14. The first-order valence-electron chi connectivity index (χ1n) is 4.46. The molecule has 0 radical (unpaired) electrons. The summed E-state index contributed by atoms with van der Waals surface area (Å²) in [6.45, 7) is 1.63. The molecule has 6 nitrogen and oxygen atoms in total. The SMILES string of the molecule is CCc1c(C(=O)O)cc(C#N)cc1[N+](=O)[O-]. The lowest BCUT2D eigenvalue weighted by Gasteiger charge is -2.04. The van der Waals surface area contributed by atoms with Gasteiger partial charge in [-0.15, -0.1) is 0 Å². The monoisotopic (exact) mass is 220 g/mol. The maximum Gasteiger partial charge on any atom is 0.336 e. The van der Waals surface area contributed by atoms with Crippen LogP contribution in [0.2, 0.25) is 0 Å². The lowest BCUT2D eigenvalue weighted by Crippen LogP contribution is -2.06. The molecule has 0 amide bonds. The lowest BCUT2D eigenvalue weighted by molar-refractivity contribution is -0.385. The Hall–Kier alpha value is -2.42. The first-order chi connectivity index (χ1) is 7.51. The average molecular weight is 220 g/mol. The molecular weight excluding hydrogens is 212 g/mol. The average Bonchev–Trinajstić information content (AvgIpc) is 2.26. The molecule has 0 saturated carbocycles. The zero-order valence-electron chi connectivity index (χ0n) is 8.43. The number of nitro groups is 1. The highest BCUT2D eigenvalue weighted by Gasteiger charge is 2.21. The fraction of sp³-hybridized carbons (Fsp3) is 0.200. The van der Waals surface area contributed by atoms with Crippen molar-refractivity contribution in [2.75, 3.05) is 0 Å². The van der Waals surface area contributed by atoms with E-state index in [9.17, 15) is 14.9 Å². The zero-order chi connectivity index (χ0) is 12.3. The number of hydrogen-bond acceptors (Lipinski definition) is 4. The quantitative estimate of drug-likeness (QED) is 0.616. The van der Waals surface area contributed by atoms with Gasteiger partial charge in [-0.1, -0.05) is 6.92 Å². The molecule has 1 rings (SSSR count). The highest BCUT2D eigenvalue weighted by Crippen LogP contribution is 2.25. The van der Waals surface area contributed by atoms with E-state index < -0.39 is 10.9 Å². The molecule has 1 aromatic rings. The van der Waals surface area contributed by atoms with Gasteiger partial charge in [0.25, 0.3) is 5.69 Å². The first-order valence-corrected chi connectivity index (χ1v) is 4.46. The van der Waals surface area contributed by atoms with Crippen LogP contribution in [0.15, 0.2) is 12.1 Å². The molecule has 0 unspecified atom stereocenters. The molecule has 0 fully saturated rings. The van der Waals surface area contributed by atoms with Crippen LogP contribution in [0.4, 0.5) is 5.69 Å². The second-order valence-corrected chi connectivity index (χ2v) is 3.05. The zero-order valence-corrected chi connectivity index (χ0v) is 8.43. The normalized spacial score (nSPS) is 9.50. The molecule has 1 N–H and O–H groups in total. The topological polar surface area (TPSA) is 104 Å². The van der Waals surface area contributed by atoms with Crippen LogP contribution in [0.1, 0.15) is 28.4 Å². The molecule has 82 valence electrons. The van der Waals surface area contributed by atoms with Gasteiger partial charge in [0.05, 0.1) is 22.1 Å². The molecule has 0 spiro atoms. The second-order valence-electron chi connectivity index (χ2n) is 3.05. The molecule has 0 aliphatic rings. The fourth-order valence-electron chi connectivity index (χ4n) is 1.45. The number of hydrogen-bond donors (Lipinski definition) is 1. The summed E-state index contributed by atoms with van der Waals surface area (Å²) in [6.07, 6.45) is 0.226. The summed E-state index contributed by atoms with van der Waals surface area (Å²) in [4.78, 5) is 20.9. The molecule has 0 saturated heterocycles. The number of carboxylic acid groups (broad SMARTS) is 1. The molecule has 16 heavy (non-hydrogen) atoms. The highest BCUT2D eigenvalue weighted by molar-refractivity contribution is 5.91. The maximum atomic E-state index is 10.9. The van der Waals surface area contributed by atoms with E-state index in [2.05, 4.69) is 0 Å². The summed E-state index contributed by atoms with van der Waals surface area (Å²) < 4.78 is 0. The van der Waals surface area contributed by atoms with Crippen LogP contribution in [0, 0.1) is 21.4 Å². The Morgan fingerprint density at radius 3 is 2.62 bits per heavy atom. The third kappa shape index (κ3) is 1.98. The van der Waals surface area contributed by atoms with Crippen LogP contribution < -0.4 is 0 Å². The Kier molecular flexibility index (Phi) is 3.20. The van der Waals surface area contributed by atoms with Crippen LogP contribution >= 0.6 is 0 Å².